The smallest absolute Gasteiger partial charge is 0.225 e. The van der Waals surface area contributed by atoms with E-state index in [1.165, 1.54) is 0 Å². The highest BCUT2D eigenvalue weighted by Gasteiger charge is 2.34. The van der Waals surface area contributed by atoms with Crippen LogP contribution in [0.15, 0.2) is 24.3 Å². The molecule has 0 spiro atoms. The van der Waals surface area contributed by atoms with Crippen LogP contribution in [-0.2, 0) is 9.53 Å². The van der Waals surface area contributed by atoms with E-state index >= 15 is 0 Å². The number of nitriles is 1. The fraction of sp³-hybridized carbons (Fsp3) is 0.500. The molecule has 1 aromatic carbocycles. The highest BCUT2D eigenvalue weighted by Crippen LogP contribution is 2.47. The standard InChI is InChI=1S/C26H32N4O3/c1-17-16-29(11-12-30(17)23(31)10-13-32-3)26-22(15-27)18(2)24(25(28-26)19-8-9-19)20-6-5-7-21(14-20)33-4/h5-7,14,17,19H,8-13,16H2,1-4H3. The number of pyridine rings is 1. The van der Waals surface area contributed by atoms with Crippen LogP contribution in [0.5, 0.6) is 5.75 Å². The molecule has 1 aromatic heterocycles. The van der Waals surface area contributed by atoms with Crippen molar-refractivity contribution in [1.82, 2.24) is 9.88 Å². The first-order valence-corrected chi connectivity index (χ1v) is 11.6. The number of anilines is 1. The number of rotatable bonds is 7. The number of methoxy groups -OCH3 is 2. The van der Waals surface area contributed by atoms with Gasteiger partial charge in [-0.05, 0) is 49.9 Å². The van der Waals surface area contributed by atoms with E-state index in [1.54, 1.807) is 14.2 Å². The largest absolute Gasteiger partial charge is 0.497 e. The summed E-state index contributed by atoms with van der Waals surface area (Å²) in [4.78, 5) is 21.8. The molecule has 1 atom stereocenters. The molecule has 1 saturated carbocycles. The third kappa shape index (κ3) is 4.67. The molecule has 1 unspecified atom stereocenters. The number of hydrogen-bond donors (Lipinski definition) is 0. The third-order valence-corrected chi connectivity index (χ3v) is 6.66. The Labute approximate surface area is 195 Å². The molecule has 7 heteroatoms. The summed E-state index contributed by atoms with van der Waals surface area (Å²) >= 11 is 0. The minimum atomic E-state index is 0.0409. The van der Waals surface area contributed by atoms with Gasteiger partial charge in [-0.15, -0.1) is 0 Å². The van der Waals surface area contributed by atoms with Crippen molar-refractivity contribution in [3.63, 3.8) is 0 Å². The van der Waals surface area contributed by atoms with Gasteiger partial charge < -0.3 is 19.3 Å². The predicted molar refractivity (Wildman–Crippen MR) is 128 cm³/mol. The molecular weight excluding hydrogens is 416 g/mol. The van der Waals surface area contributed by atoms with Crippen molar-refractivity contribution in [3.8, 4) is 22.9 Å². The minimum absolute atomic E-state index is 0.0409. The molecule has 0 N–H and O–H groups in total. The van der Waals surface area contributed by atoms with Crippen molar-refractivity contribution in [2.75, 3.05) is 45.4 Å². The van der Waals surface area contributed by atoms with Crippen LogP contribution in [0.2, 0.25) is 0 Å². The predicted octanol–water partition coefficient (Wildman–Crippen LogP) is 3.89. The number of aromatic nitrogens is 1. The average molecular weight is 449 g/mol. The Morgan fingerprint density at radius 2 is 2.06 bits per heavy atom. The van der Waals surface area contributed by atoms with Crippen LogP contribution in [0, 0.1) is 18.3 Å². The molecule has 1 saturated heterocycles. The SMILES string of the molecule is COCCC(=O)N1CCN(c2nc(C3CC3)c(-c3cccc(OC)c3)c(C)c2C#N)CC1C. The van der Waals surface area contributed by atoms with Crippen LogP contribution in [0.4, 0.5) is 5.82 Å². The molecule has 2 heterocycles. The first kappa shape index (κ1) is 23.1. The maximum Gasteiger partial charge on any atom is 0.225 e. The van der Waals surface area contributed by atoms with Crippen molar-refractivity contribution in [2.45, 2.75) is 45.1 Å². The highest BCUT2D eigenvalue weighted by atomic mass is 16.5. The Morgan fingerprint density at radius 3 is 2.70 bits per heavy atom. The second-order valence-corrected chi connectivity index (χ2v) is 8.94. The average Bonchev–Trinajstić information content (AvgIpc) is 3.67. The van der Waals surface area contributed by atoms with E-state index in [4.69, 9.17) is 14.5 Å². The van der Waals surface area contributed by atoms with Crippen molar-refractivity contribution in [1.29, 1.82) is 5.26 Å². The molecule has 4 rings (SSSR count). The van der Waals surface area contributed by atoms with E-state index in [0.29, 0.717) is 44.1 Å². The molecule has 0 bridgehead atoms. The molecule has 174 valence electrons. The molecule has 1 aliphatic carbocycles. The van der Waals surface area contributed by atoms with E-state index in [0.717, 1.165) is 46.8 Å². The second-order valence-electron chi connectivity index (χ2n) is 8.94. The van der Waals surface area contributed by atoms with Crippen LogP contribution < -0.4 is 9.64 Å². The first-order chi connectivity index (χ1) is 16.0. The fourth-order valence-electron chi connectivity index (χ4n) is 4.72. The van der Waals surface area contributed by atoms with Gasteiger partial charge in [-0.25, -0.2) is 4.98 Å². The van der Waals surface area contributed by atoms with Crippen molar-refractivity contribution >= 4 is 11.7 Å². The lowest BCUT2D eigenvalue weighted by atomic mass is 9.93. The summed E-state index contributed by atoms with van der Waals surface area (Å²) in [6, 6.07) is 10.5. The lowest BCUT2D eigenvalue weighted by Gasteiger charge is -2.41. The number of piperazine rings is 1. The summed E-state index contributed by atoms with van der Waals surface area (Å²) in [5, 5.41) is 10.1. The molecule has 0 radical (unpaired) electrons. The lowest BCUT2D eigenvalue weighted by Crippen LogP contribution is -2.54. The van der Waals surface area contributed by atoms with Crippen molar-refractivity contribution < 1.29 is 14.3 Å². The third-order valence-electron chi connectivity index (χ3n) is 6.66. The van der Waals surface area contributed by atoms with Crippen LogP contribution in [-0.4, -0.2) is 62.3 Å². The van der Waals surface area contributed by atoms with E-state index in [1.807, 2.05) is 30.0 Å². The van der Waals surface area contributed by atoms with Crippen LogP contribution in [0.3, 0.4) is 0 Å². The summed E-state index contributed by atoms with van der Waals surface area (Å²) in [7, 11) is 3.27. The van der Waals surface area contributed by atoms with Gasteiger partial charge in [0.15, 0.2) is 0 Å². The maximum atomic E-state index is 12.5. The van der Waals surface area contributed by atoms with Crippen LogP contribution >= 0.6 is 0 Å². The Morgan fingerprint density at radius 1 is 1.27 bits per heavy atom. The lowest BCUT2D eigenvalue weighted by molar-refractivity contribution is -0.134. The van der Waals surface area contributed by atoms with Gasteiger partial charge in [0.25, 0.3) is 0 Å². The van der Waals surface area contributed by atoms with E-state index in [9.17, 15) is 10.1 Å². The Balaban J connectivity index is 1.69. The van der Waals surface area contributed by atoms with Crippen LogP contribution in [0.1, 0.15) is 48.9 Å². The Kier molecular flexibility index (Phi) is 6.85. The van der Waals surface area contributed by atoms with Gasteiger partial charge in [0, 0.05) is 44.3 Å². The van der Waals surface area contributed by atoms with E-state index in [-0.39, 0.29) is 11.9 Å². The zero-order valence-electron chi connectivity index (χ0n) is 19.9. The zero-order chi connectivity index (χ0) is 23.5. The summed E-state index contributed by atoms with van der Waals surface area (Å²) in [6.45, 7) is 6.45. The summed E-state index contributed by atoms with van der Waals surface area (Å²) < 4.78 is 10.5. The highest BCUT2D eigenvalue weighted by molar-refractivity contribution is 5.79. The molecule has 7 nitrogen and oxygen atoms in total. The number of carbonyl (C=O) groups excluding carboxylic acids is 1. The quantitative estimate of drug-likeness (QED) is 0.640. The normalized spacial score (nSPS) is 18.2. The number of carbonyl (C=O) groups is 1. The summed E-state index contributed by atoms with van der Waals surface area (Å²) in [6.07, 6.45) is 2.63. The Bertz CT molecular complexity index is 1070. The van der Waals surface area contributed by atoms with E-state index in [2.05, 4.69) is 24.0 Å². The number of benzene rings is 1. The number of amides is 1. The van der Waals surface area contributed by atoms with Gasteiger partial charge in [-0.1, -0.05) is 12.1 Å². The summed E-state index contributed by atoms with van der Waals surface area (Å²) in [5.74, 6) is 2.07. The molecule has 33 heavy (non-hydrogen) atoms. The van der Waals surface area contributed by atoms with Gasteiger partial charge >= 0.3 is 0 Å². The fourth-order valence-corrected chi connectivity index (χ4v) is 4.72. The number of ether oxygens (including phenoxy) is 2. The molecule has 2 fully saturated rings. The summed E-state index contributed by atoms with van der Waals surface area (Å²) in [5.41, 5.74) is 4.73. The van der Waals surface area contributed by atoms with Crippen LogP contribution in [0.25, 0.3) is 11.1 Å². The van der Waals surface area contributed by atoms with E-state index < -0.39 is 0 Å². The second kappa shape index (κ2) is 9.80. The molecule has 2 aromatic rings. The van der Waals surface area contributed by atoms with Gasteiger partial charge in [0.2, 0.25) is 5.91 Å². The first-order valence-electron chi connectivity index (χ1n) is 11.6. The molecule has 1 aliphatic heterocycles. The number of nitrogens with zero attached hydrogens (tertiary/aromatic N) is 4. The monoisotopic (exact) mass is 448 g/mol. The van der Waals surface area contributed by atoms with Gasteiger partial charge in [0.05, 0.1) is 31.4 Å². The minimum Gasteiger partial charge on any atom is -0.497 e. The Hall–Kier alpha value is -3.11. The molecule has 1 amide bonds. The van der Waals surface area contributed by atoms with Gasteiger partial charge in [0.1, 0.15) is 17.6 Å². The van der Waals surface area contributed by atoms with Crippen molar-refractivity contribution in [2.24, 2.45) is 0 Å². The van der Waals surface area contributed by atoms with Crippen molar-refractivity contribution in [3.05, 3.63) is 41.1 Å². The number of hydrogen-bond acceptors (Lipinski definition) is 6. The van der Waals surface area contributed by atoms with Gasteiger partial charge in [-0.3, -0.25) is 4.79 Å². The maximum absolute atomic E-state index is 12.5. The topological polar surface area (TPSA) is 78.7 Å². The van der Waals surface area contributed by atoms with Gasteiger partial charge in [-0.2, -0.15) is 5.26 Å². The molecular formula is C26H32N4O3. The zero-order valence-corrected chi connectivity index (χ0v) is 19.9. The molecule has 2 aliphatic rings.